The minimum Gasteiger partial charge on any atom is -0.366 e. The molecule has 2 aromatic heterocycles. The van der Waals surface area contributed by atoms with Crippen LogP contribution in [0.3, 0.4) is 0 Å². The Bertz CT molecular complexity index is 925. The highest BCUT2D eigenvalue weighted by Crippen LogP contribution is 2.23. The molecule has 0 fully saturated rings. The number of fused-ring (bicyclic) bond motifs is 1. The summed E-state index contributed by atoms with van der Waals surface area (Å²) in [4.78, 5) is 31.0. The van der Waals surface area contributed by atoms with Gasteiger partial charge in [0.05, 0.1) is 16.1 Å². The number of carbonyl (C=O) groups is 2. The smallest absolute Gasteiger partial charge is 0.250 e. The highest BCUT2D eigenvalue weighted by Gasteiger charge is 2.11. The van der Waals surface area contributed by atoms with Gasteiger partial charge in [0.1, 0.15) is 6.29 Å². The first-order chi connectivity index (χ1) is 11.1. The average molecular weight is 326 g/mol. The van der Waals surface area contributed by atoms with E-state index in [9.17, 15) is 9.59 Å². The zero-order valence-electron chi connectivity index (χ0n) is 12.0. The third-order valence-corrected chi connectivity index (χ3v) is 3.64. The minimum atomic E-state index is -0.554. The molecule has 0 aliphatic carbocycles. The maximum absolute atomic E-state index is 11.7. The van der Waals surface area contributed by atoms with Gasteiger partial charge in [-0.15, -0.1) is 0 Å². The molecular formula is C17H12ClN3O2. The van der Waals surface area contributed by atoms with Gasteiger partial charge in [-0.1, -0.05) is 11.6 Å². The fourth-order valence-electron chi connectivity index (χ4n) is 2.45. The first-order valence-corrected chi connectivity index (χ1v) is 7.22. The normalized spacial score (nSPS) is 10.7. The van der Waals surface area contributed by atoms with Crippen molar-refractivity contribution in [3.05, 3.63) is 70.1 Å². The molecule has 0 saturated heterocycles. The van der Waals surface area contributed by atoms with Gasteiger partial charge in [0.15, 0.2) is 0 Å². The Morgan fingerprint density at radius 1 is 1.22 bits per heavy atom. The number of nitrogens with two attached hydrogens (primary N) is 1. The lowest BCUT2D eigenvalue weighted by Gasteiger charge is -2.08. The molecule has 3 rings (SSSR count). The van der Waals surface area contributed by atoms with Crippen LogP contribution in [-0.4, -0.2) is 22.2 Å². The van der Waals surface area contributed by atoms with Crippen molar-refractivity contribution in [3.8, 4) is 0 Å². The van der Waals surface area contributed by atoms with Gasteiger partial charge in [0.25, 0.3) is 5.91 Å². The molecule has 6 heteroatoms. The van der Waals surface area contributed by atoms with Crippen LogP contribution in [0.15, 0.2) is 42.7 Å². The van der Waals surface area contributed by atoms with E-state index in [1.54, 1.807) is 30.5 Å². The van der Waals surface area contributed by atoms with Crippen molar-refractivity contribution in [1.29, 1.82) is 0 Å². The van der Waals surface area contributed by atoms with Gasteiger partial charge in [-0.2, -0.15) is 0 Å². The van der Waals surface area contributed by atoms with Gasteiger partial charge in [0.2, 0.25) is 0 Å². The minimum absolute atomic E-state index is 0.334. The van der Waals surface area contributed by atoms with Crippen LogP contribution in [0, 0.1) is 0 Å². The summed E-state index contributed by atoms with van der Waals surface area (Å²) in [5, 5.41) is 1.21. The Morgan fingerprint density at radius 2 is 2.04 bits per heavy atom. The van der Waals surface area contributed by atoms with E-state index in [0.717, 1.165) is 22.9 Å². The number of primary amides is 1. The third-order valence-electron chi connectivity index (χ3n) is 3.44. The van der Waals surface area contributed by atoms with Crippen LogP contribution in [0.4, 0.5) is 0 Å². The lowest BCUT2D eigenvalue weighted by molar-refractivity contribution is 0.100. The summed E-state index contributed by atoms with van der Waals surface area (Å²) in [6.45, 7) is 0. The van der Waals surface area contributed by atoms with E-state index in [4.69, 9.17) is 17.3 Å². The lowest BCUT2D eigenvalue weighted by atomic mass is 10.0. The number of hydrogen-bond acceptors (Lipinski definition) is 4. The summed E-state index contributed by atoms with van der Waals surface area (Å²) in [6.07, 6.45) is 4.28. The van der Waals surface area contributed by atoms with E-state index in [1.165, 1.54) is 6.20 Å². The first-order valence-electron chi connectivity index (χ1n) is 6.85. The second-order valence-electron chi connectivity index (χ2n) is 5.11. The molecule has 2 N–H and O–H groups in total. The summed E-state index contributed by atoms with van der Waals surface area (Å²) in [5.74, 6) is -0.554. The molecule has 0 aliphatic rings. The number of rotatable bonds is 4. The van der Waals surface area contributed by atoms with E-state index >= 15 is 0 Å². The molecule has 0 radical (unpaired) electrons. The second kappa shape index (κ2) is 6.14. The number of carbonyl (C=O) groups excluding carboxylic acids is 2. The van der Waals surface area contributed by atoms with Crippen LogP contribution in [-0.2, 0) is 6.42 Å². The molecule has 0 atom stereocenters. The number of benzene rings is 1. The molecule has 0 spiro atoms. The molecule has 0 unspecified atom stereocenters. The topological polar surface area (TPSA) is 85.9 Å². The molecule has 1 aromatic carbocycles. The predicted octanol–water partition coefficient (Wildman–Crippen LogP) is 2.79. The number of aldehydes is 1. The molecular weight excluding hydrogens is 314 g/mol. The summed E-state index contributed by atoms with van der Waals surface area (Å²) >= 11 is 5.97. The van der Waals surface area contributed by atoms with Crippen molar-refractivity contribution in [1.82, 2.24) is 9.97 Å². The number of hydrogen-bond donors (Lipinski definition) is 1. The molecule has 114 valence electrons. The Morgan fingerprint density at radius 3 is 2.78 bits per heavy atom. The molecule has 3 aromatic rings. The van der Waals surface area contributed by atoms with Gasteiger partial charge in [0, 0.05) is 35.5 Å². The largest absolute Gasteiger partial charge is 0.366 e. The quantitative estimate of drug-likeness (QED) is 0.747. The molecule has 1 amide bonds. The second-order valence-corrected chi connectivity index (χ2v) is 5.54. The van der Waals surface area contributed by atoms with Crippen LogP contribution in [0.2, 0.25) is 5.02 Å². The number of amides is 1. The number of aromatic nitrogens is 2. The summed E-state index contributed by atoms with van der Waals surface area (Å²) in [6, 6.07) is 8.65. The number of nitrogens with zero attached hydrogens (tertiary/aromatic N) is 2. The molecule has 2 heterocycles. The average Bonchev–Trinajstić information content (AvgIpc) is 2.53. The summed E-state index contributed by atoms with van der Waals surface area (Å²) < 4.78 is 0. The summed E-state index contributed by atoms with van der Waals surface area (Å²) in [5.41, 5.74) is 8.41. The van der Waals surface area contributed by atoms with Crippen molar-refractivity contribution in [2.75, 3.05) is 0 Å². The van der Waals surface area contributed by atoms with Gasteiger partial charge in [-0.05, 0) is 35.9 Å². The SMILES string of the molecule is NC(=O)c1cc(Cc2cc(C=O)ccn2)cc2cc(Cl)cnc12. The van der Waals surface area contributed by atoms with E-state index < -0.39 is 5.91 Å². The Hall–Kier alpha value is -2.79. The van der Waals surface area contributed by atoms with Crippen molar-refractivity contribution in [2.24, 2.45) is 5.73 Å². The van der Waals surface area contributed by atoms with Gasteiger partial charge < -0.3 is 5.73 Å². The van der Waals surface area contributed by atoms with Crippen molar-refractivity contribution in [3.63, 3.8) is 0 Å². The van der Waals surface area contributed by atoms with Crippen LogP contribution in [0.1, 0.15) is 32.0 Å². The maximum atomic E-state index is 11.7. The molecule has 0 bridgehead atoms. The van der Waals surface area contributed by atoms with E-state index in [-0.39, 0.29) is 0 Å². The standard InChI is InChI=1S/C17H12ClN3O2/c18-13-7-12-3-11(5-14-4-10(9-22)1-2-20-14)6-15(17(19)23)16(12)21-8-13/h1-4,6-9H,5H2,(H2,19,23). The molecule has 23 heavy (non-hydrogen) atoms. The van der Waals surface area contributed by atoms with Gasteiger partial charge in [-0.3, -0.25) is 19.6 Å². The highest BCUT2D eigenvalue weighted by molar-refractivity contribution is 6.31. The maximum Gasteiger partial charge on any atom is 0.250 e. The van der Waals surface area contributed by atoms with Crippen molar-refractivity contribution >= 4 is 34.7 Å². The molecule has 5 nitrogen and oxygen atoms in total. The third kappa shape index (κ3) is 3.19. The number of halogens is 1. The Labute approximate surface area is 137 Å². The monoisotopic (exact) mass is 325 g/mol. The fourth-order valence-corrected chi connectivity index (χ4v) is 2.62. The fraction of sp³-hybridized carbons (Fsp3) is 0.0588. The van der Waals surface area contributed by atoms with Gasteiger partial charge >= 0.3 is 0 Å². The molecule has 0 saturated carbocycles. The van der Waals surface area contributed by atoms with Crippen LogP contribution < -0.4 is 5.73 Å². The zero-order chi connectivity index (χ0) is 16.4. The first kappa shape index (κ1) is 15.1. The van der Waals surface area contributed by atoms with Crippen molar-refractivity contribution in [2.45, 2.75) is 6.42 Å². The van der Waals surface area contributed by atoms with Crippen LogP contribution in [0.5, 0.6) is 0 Å². The van der Waals surface area contributed by atoms with E-state index in [2.05, 4.69) is 9.97 Å². The Balaban J connectivity index is 2.10. The van der Waals surface area contributed by atoms with Crippen LogP contribution >= 0.6 is 11.6 Å². The Kier molecular flexibility index (Phi) is 4.04. The lowest BCUT2D eigenvalue weighted by Crippen LogP contribution is -2.12. The highest BCUT2D eigenvalue weighted by atomic mass is 35.5. The van der Waals surface area contributed by atoms with E-state index in [1.807, 2.05) is 6.07 Å². The zero-order valence-corrected chi connectivity index (χ0v) is 12.7. The summed E-state index contributed by atoms with van der Waals surface area (Å²) in [7, 11) is 0. The van der Waals surface area contributed by atoms with Crippen molar-refractivity contribution < 1.29 is 9.59 Å². The van der Waals surface area contributed by atoms with Gasteiger partial charge in [-0.25, -0.2) is 0 Å². The molecule has 0 aliphatic heterocycles. The number of pyridine rings is 2. The van der Waals surface area contributed by atoms with Crippen LogP contribution in [0.25, 0.3) is 10.9 Å². The van der Waals surface area contributed by atoms with E-state index in [0.29, 0.717) is 28.1 Å². The predicted molar refractivity (Wildman–Crippen MR) is 87.7 cm³/mol.